The van der Waals surface area contributed by atoms with Crippen molar-refractivity contribution in [2.24, 2.45) is 5.92 Å². The lowest BCUT2D eigenvalue weighted by Gasteiger charge is -2.22. The van der Waals surface area contributed by atoms with Gasteiger partial charge in [-0.3, -0.25) is 0 Å². The lowest BCUT2D eigenvalue weighted by atomic mass is 9.91. The van der Waals surface area contributed by atoms with E-state index < -0.39 is 0 Å². The standard InChI is InChI=1S/C14H17BrN2/c15-13-9-17-14-8-11(1-2-12(13)14)7-10-3-5-16-6-4-10/h1-2,8-10,16-17H,3-7H2. The summed E-state index contributed by atoms with van der Waals surface area (Å²) in [6, 6.07) is 6.78. The first-order valence-electron chi connectivity index (χ1n) is 6.29. The van der Waals surface area contributed by atoms with Crippen LogP contribution in [0.2, 0.25) is 0 Å². The number of hydrogen-bond acceptors (Lipinski definition) is 1. The molecule has 0 atom stereocenters. The van der Waals surface area contributed by atoms with E-state index in [0.29, 0.717) is 0 Å². The fourth-order valence-electron chi connectivity index (χ4n) is 2.68. The van der Waals surface area contributed by atoms with Gasteiger partial charge < -0.3 is 10.3 Å². The number of benzene rings is 1. The molecule has 0 amide bonds. The van der Waals surface area contributed by atoms with E-state index in [1.165, 1.54) is 48.8 Å². The number of fused-ring (bicyclic) bond motifs is 1. The van der Waals surface area contributed by atoms with Crippen LogP contribution in [0, 0.1) is 5.92 Å². The van der Waals surface area contributed by atoms with Crippen LogP contribution >= 0.6 is 15.9 Å². The van der Waals surface area contributed by atoms with Gasteiger partial charge in [0, 0.05) is 21.6 Å². The van der Waals surface area contributed by atoms with Crippen LogP contribution in [0.1, 0.15) is 18.4 Å². The molecule has 0 radical (unpaired) electrons. The Morgan fingerprint density at radius 2 is 2.06 bits per heavy atom. The van der Waals surface area contributed by atoms with Crippen molar-refractivity contribution in [1.29, 1.82) is 0 Å². The molecule has 0 bridgehead atoms. The highest BCUT2D eigenvalue weighted by Crippen LogP contribution is 2.26. The lowest BCUT2D eigenvalue weighted by Crippen LogP contribution is -2.28. The van der Waals surface area contributed by atoms with Gasteiger partial charge in [0.25, 0.3) is 0 Å². The van der Waals surface area contributed by atoms with Gasteiger partial charge in [-0.1, -0.05) is 12.1 Å². The maximum atomic E-state index is 3.55. The van der Waals surface area contributed by atoms with Gasteiger partial charge in [-0.15, -0.1) is 0 Å². The highest BCUT2D eigenvalue weighted by molar-refractivity contribution is 9.10. The van der Waals surface area contributed by atoms with E-state index in [4.69, 9.17) is 0 Å². The average Bonchev–Trinajstić information content (AvgIpc) is 2.72. The Labute approximate surface area is 110 Å². The van der Waals surface area contributed by atoms with Crippen molar-refractivity contribution < 1.29 is 0 Å². The highest BCUT2D eigenvalue weighted by Gasteiger charge is 2.13. The number of aromatic amines is 1. The van der Waals surface area contributed by atoms with Gasteiger partial charge >= 0.3 is 0 Å². The summed E-state index contributed by atoms with van der Waals surface area (Å²) in [5, 5.41) is 4.70. The van der Waals surface area contributed by atoms with Crippen LogP contribution in [-0.4, -0.2) is 18.1 Å². The predicted molar refractivity (Wildman–Crippen MR) is 75.3 cm³/mol. The predicted octanol–water partition coefficient (Wildman–Crippen LogP) is 3.47. The summed E-state index contributed by atoms with van der Waals surface area (Å²) in [5.41, 5.74) is 2.70. The molecule has 1 saturated heterocycles. The molecule has 0 unspecified atom stereocenters. The molecule has 2 aromatic rings. The van der Waals surface area contributed by atoms with Crippen molar-refractivity contribution in [3.05, 3.63) is 34.4 Å². The molecule has 1 aliphatic heterocycles. The Hall–Kier alpha value is -0.800. The maximum absolute atomic E-state index is 3.55. The largest absolute Gasteiger partial charge is 0.360 e. The minimum Gasteiger partial charge on any atom is -0.360 e. The molecule has 90 valence electrons. The molecule has 3 rings (SSSR count). The fourth-order valence-corrected chi connectivity index (χ4v) is 3.14. The maximum Gasteiger partial charge on any atom is 0.0468 e. The Kier molecular flexibility index (Phi) is 3.21. The Balaban J connectivity index is 1.80. The molecular weight excluding hydrogens is 276 g/mol. The summed E-state index contributed by atoms with van der Waals surface area (Å²) in [6.07, 6.45) is 5.85. The quantitative estimate of drug-likeness (QED) is 0.872. The number of hydrogen-bond donors (Lipinski definition) is 2. The van der Waals surface area contributed by atoms with Gasteiger partial charge in [-0.2, -0.15) is 0 Å². The summed E-state index contributed by atoms with van der Waals surface area (Å²) >= 11 is 3.55. The van der Waals surface area contributed by atoms with Crippen molar-refractivity contribution in [1.82, 2.24) is 10.3 Å². The zero-order chi connectivity index (χ0) is 11.7. The monoisotopic (exact) mass is 292 g/mol. The molecule has 2 N–H and O–H groups in total. The highest BCUT2D eigenvalue weighted by atomic mass is 79.9. The number of nitrogens with one attached hydrogen (secondary N) is 2. The lowest BCUT2D eigenvalue weighted by molar-refractivity contribution is 0.373. The molecule has 3 heteroatoms. The van der Waals surface area contributed by atoms with E-state index in [-0.39, 0.29) is 0 Å². The smallest absolute Gasteiger partial charge is 0.0468 e. The van der Waals surface area contributed by atoms with E-state index >= 15 is 0 Å². The normalized spacial score (nSPS) is 17.7. The number of halogens is 1. The molecule has 0 spiro atoms. The van der Waals surface area contributed by atoms with Gasteiger partial charge in [0.2, 0.25) is 0 Å². The second-order valence-corrected chi connectivity index (χ2v) is 5.77. The number of aromatic nitrogens is 1. The van der Waals surface area contributed by atoms with Crippen LogP contribution in [0.15, 0.2) is 28.9 Å². The summed E-state index contributed by atoms with van der Waals surface area (Å²) in [5.74, 6) is 0.854. The molecule has 1 aromatic heterocycles. The summed E-state index contributed by atoms with van der Waals surface area (Å²) in [4.78, 5) is 3.31. The van der Waals surface area contributed by atoms with Crippen LogP contribution in [0.5, 0.6) is 0 Å². The number of rotatable bonds is 2. The van der Waals surface area contributed by atoms with E-state index in [9.17, 15) is 0 Å². The first-order valence-corrected chi connectivity index (χ1v) is 7.08. The van der Waals surface area contributed by atoms with Crippen LogP contribution in [-0.2, 0) is 6.42 Å². The van der Waals surface area contributed by atoms with Crippen molar-refractivity contribution >= 4 is 26.8 Å². The molecule has 1 aromatic carbocycles. The minimum atomic E-state index is 0.854. The van der Waals surface area contributed by atoms with Crippen LogP contribution in [0.3, 0.4) is 0 Å². The number of piperidine rings is 1. The van der Waals surface area contributed by atoms with Crippen LogP contribution in [0.4, 0.5) is 0 Å². The molecule has 1 aliphatic rings. The topological polar surface area (TPSA) is 27.8 Å². The molecule has 1 fully saturated rings. The first kappa shape index (κ1) is 11.3. The minimum absolute atomic E-state index is 0.854. The van der Waals surface area contributed by atoms with E-state index in [2.05, 4.69) is 44.4 Å². The summed E-state index contributed by atoms with van der Waals surface area (Å²) < 4.78 is 1.15. The first-order chi connectivity index (χ1) is 8.33. The van der Waals surface area contributed by atoms with Crippen molar-refractivity contribution in [2.45, 2.75) is 19.3 Å². The van der Waals surface area contributed by atoms with Crippen LogP contribution in [0.25, 0.3) is 10.9 Å². The van der Waals surface area contributed by atoms with Crippen LogP contribution < -0.4 is 5.32 Å². The van der Waals surface area contributed by atoms with Crippen molar-refractivity contribution in [3.63, 3.8) is 0 Å². The summed E-state index contributed by atoms with van der Waals surface area (Å²) in [7, 11) is 0. The second kappa shape index (κ2) is 4.83. The third-order valence-corrected chi connectivity index (χ3v) is 4.33. The van der Waals surface area contributed by atoms with E-state index in [0.717, 1.165) is 10.4 Å². The summed E-state index contributed by atoms with van der Waals surface area (Å²) in [6.45, 7) is 2.36. The zero-order valence-corrected chi connectivity index (χ0v) is 11.4. The molecule has 2 heterocycles. The fraction of sp³-hybridized carbons (Fsp3) is 0.429. The van der Waals surface area contributed by atoms with E-state index in [1.807, 2.05) is 6.20 Å². The van der Waals surface area contributed by atoms with Gasteiger partial charge in [0.05, 0.1) is 0 Å². The Morgan fingerprint density at radius 3 is 2.88 bits per heavy atom. The van der Waals surface area contributed by atoms with Gasteiger partial charge in [-0.05, 0) is 65.8 Å². The van der Waals surface area contributed by atoms with Gasteiger partial charge in [-0.25, -0.2) is 0 Å². The average molecular weight is 293 g/mol. The van der Waals surface area contributed by atoms with E-state index in [1.54, 1.807) is 0 Å². The van der Waals surface area contributed by atoms with Gasteiger partial charge in [0.15, 0.2) is 0 Å². The molecule has 0 saturated carbocycles. The molecule has 0 aliphatic carbocycles. The Morgan fingerprint density at radius 1 is 1.24 bits per heavy atom. The SMILES string of the molecule is Brc1c[nH]c2cc(CC3CCNCC3)ccc12. The Bertz CT molecular complexity index is 512. The third kappa shape index (κ3) is 2.40. The zero-order valence-electron chi connectivity index (χ0n) is 9.80. The van der Waals surface area contributed by atoms with Gasteiger partial charge in [0.1, 0.15) is 0 Å². The third-order valence-electron chi connectivity index (χ3n) is 3.68. The molecule has 2 nitrogen and oxygen atoms in total. The molecule has 17 heavy (non-hydrogen) atoms. The number of H-pyrrole nitrogens is 1. The van der Waals surface area contributed by atoms with Crippen molar-refractivity contribution in [3.8, 4) is 0 Å². The van der Waals surface area contributed by atoms with Crippen molar-refractivity contribution in [2.75, 3.05) is 13.1 Å². The second-order valence-electron chi connectivity index (χ2n) is 4.91. The molecular formula is C14H17BrN2.